The van der Waals surface area contributed by atoms with Crippen LogP contribution in [0.25, 0.3) is 0 Å². The minimum absolute atomic E-state index is 0.0937. The Morgan fingerprint density at radius 1 is 1.22 bits per heavy atom. The fraction of sp³-hybridized carbons (Fsp3) is 0.348. The first-order valence-corrected chi connectivity index (χ1v) is 9.28. The molecule has 0 unspecified atom stereocenters. The summed E-state index contributed by atoms with van der Waals surface area (Å²) >= 11 is 0. The monoisotopic (exact) mass is 366 g/mol. The Morgan fingerprint density at radius 2 is 1.96 bits per heavy atom. The second-order valence-corrected chi connectivity index (χ2v) is 6.88. The summed E-state index contributed by atoms with van der Waals surface area (Å²) in [5, 5.41) is 0. The van der Waals surface area contributed by atoms with Crippen LogP contribution in [0.1, 0.15) is 54.8 Å². The third-order valence-electron chi connectivity index (χ3n) is 4.62. The zero-order chi connectivity index (χ0) is 19.4. The number of rotatable bonds is 6. The summed E-state index contributed by atoms with van der Waals surface area (Å²) in [4.78, 5) is 12.8. The highest BCUT2D eigenvalue weighted by atomic mass is 16.5. The van der Waals surface area contributed by atoms with Crippen molar-refractivity contribution in [3.05, 3.63) is 64.7 Å². The third kappa shape index (κ3) is 4.33. The van der Waals surface area contributed by atoms with E-state index in [9.17, 15) is 4.79 Å². The molecule has 0 aliphatic carbocycles. The summed E-state index contributed by atoms with van der Waals surface area (Å²) in [7, 11) is 1.64. The average Bonchev–Trinajstić information content (AvgIpc) is 2.66. The first-order valence-electron chi connectivity index (χ1n) is 9.28. The molecular weight excluding hydrogens is 340 g/mol. The minimum Gasteiger partial charge on any atom is -0.496 e. The van der Waals surface area contributed by atoms with Crippen molar-refractivity contribution in [3.8, 4) is 17.2 Å². The molecule has 0 fully saturated rings. The van der Waals surface area contributed by atoms with E-state index in [2.05, 4.69) is 19.9 Å². The SMILES string of the molecule is CCOc1ccc([C@@H]2CC(=O)c3cc(CC=C(C)C)c(OC)cc3O2)cc1. The molecule has 0 amide bonds. The van der Waals surface area contributed by atoms with Crippen LogP contribution >= 0.6 is 0 Å². The Balaban J connectivity index is 1.88. The van der Waals surface area contributed by atoms with E-state index in [1.807, 2.05) is 43.3 Å². The van der Waals surface area contributed by atoms with Crippen LogP contribution in [-0.4, -0.2) is 19.5 Å². The number of ketones is 1. The molecule has 0 N–H and O–H groups in total. The summed E-state index contributed by atoms with van der Waals surface area (Å²) < 4.78 is 17.2. The molecule has 142 valence electrons. The van der Waals surface area contributed by atoms with Gasteiger partial charge in [0.1, 0.15) is 23.4 Å². The van der Waals surface area contributed by atoms with Gasteiger partial charge in [0.15, 0.2) is 5.78 Å². The Morgan fingerprint density at radius 3 is 2.59 bits per heavy atom. The van der Waals surface area contributed by atoms with E-state index in [1.165, 1.54) is 5.57 Å². The predicted molar refractivity (Wildman–Crippen MR) is 106 cm³/mol. The molecule has 2 aromatic rings. The number of carbonyl (C=O) groups is 1. The average molecular weight is 366 g/mol. The van der Waals surface area contributed by atoms with Crippen LogP contribution in [0.5, 0.6) is 17.2 Å². The van der Waals surface area contributed by atoms with Crippen molar-refractivity contribution in [1.82, 2.24) is 0 Å². The zero-order valence-electron chi connectivity index (χ0n) is 16.4. The van der Waals surface area contributed by atoms with Crippen molar-refractivity contribution in [3.63, 3.8) is 0 Å². The molecule has 2 aromatic carbocycles. The van der Waals surface area contributed by atoms with Crippen molar-refractivity contribution >= 4 is 5.78 Å². The van der Waals surface area contributed by atoms with Gasteiger partial charge in [0.05, 0.1) is 25.7 Å². The minimum atomic E-state index is -0.297. The number of hydrogen-bond acceptors (Lipinski definition) is 4. The Bertz CT molecular complexity index is 845. The second kappa shape index (κ2) is 8.30. The first-order chi connectivity index (χ1) is 13.0. The van der Waals surface area contributed by atoms with Gasteiger partial charge in [-0.3, -0.25) is 4.79 Å². The molecule has 0 saturated heterocycles. The van der Waals surface area contributed by atoms with Crippen LogP contribution in [0.4, 0.5) is 0 Å². The van der Waals surface area contributed by atoms with E-state index in [0.717, 1.165) is 29.0 Å². The fourth-order valence-electron chi connectivity index (χ4n) is 3.19. The van der Waals surface area contributed by atoms with Crippen molar-refractivity contribution in [2.24, 2.45) is 0 Å². The van der Waals surface area contributed by atoms with E-state index in [4.69, 9.17) is 14.2 Å². The predicted octanol–water partition coefficient (Wildman–Crippen LogP) is 5.31. The number of Topliss-reactive ketones (excluding diaryl/α,β-unsaturated/α-hetero) is 1. The van der Waals surface area contributed by atoms with Crippen molar-refractivity contribution < 1.29 is 19.0 Å². The van der Waals surface area contributed by atoms with Crippen molar-refractivity contribution in [2.75, 3.05) is 13.7 Å². The molecular formula is C23H26O4. The molecule has 3 rings (SSSR count). The molecule has 4 nitrogen and oxygen atoms in total. The maximum Gasteiger partial charge on any atom is 0.170 e. The summed E-state index contributed by atoms with van der Waals surface area (Å²) in [6, 6.07) is 11.5. The van der Waals surface area contributed by atoms with Crippen molar-refractivity contribution in [1.29, 1.82) is 0 Å². The Hall–Kier alpha value is -2.75. The van der Waals surface area contributed by atoms with Gasteiger partial charge in [-0.1, -0.05) is 23.8 Å². The molecule has 0 radical (unpaired) electrons. The highest BCUT2D eigenvalue weighted by Crippen LogP contribution is 2.39. The maximum absolute atomic E-state index is 12.8. The number of fused-ring (bicyclic) bond motifs is 1. The van der Waals surface area contributed by atoms with Crippen LogP contribution in [0.3, 0.4) is 0 Å². The Kier molecular flexibility index (Phi) is 5.84. The van der Waals surface area contributed by atoms with Gasteiger partial charge in [-0.25, -0.2) is 0 Å². The molecule has 4 heteroatoms. The number of methoxy groups -OCH3 is 1. The molecule has 0 bridgehead atoms. The summed E-state index contributed by atoms with van der Waals surface area (Å²) in [6.07, 6.45) is 2.89. The lowest BCUT2D eigenvalue weighted by atomic mass is 9.94. The number of hydrogen-bond donors (Lipinski definition) is 0. The molecule has 0 saturated carbocycles. The van der Waals surface area contributed by atoms with Gasteiger partial charge in [0.2, 0.25) is 0 Å². The molecule has 1 atom stereocenters. The number of benzene rings is 2. The van der Waals surface area contributed by atoms with Gasteiger partial charge in [-0.2, -0.15) is 0 Å². The molecule has 0 aromatic heterocycles. The standard InChI is InChI=1S/C23H26O4/c1-5-26-18-10-8-16(9-11-18)22-13-20(24)19-12-17(7-6-15(2)3)21(25-4)14-23(19)27-22/h6,8-12,14,22H,5,7,13H2,1-4H3/t22-/m0/s1. The van der Waals surface area contributed by atoms with E-state index >= 15 is 0 Å². The molecule has 0 spiro atoms. The molecule has 1 aliphatic rings. The first kappa shape index (κ1) is 19.0. The number of allylic oxidation sites excluding steroid dienone is 2. The van der Waals surface area contributed by atoms with Gasteiger partial charge in [0, 0.05) is 6.07 Å². The summed E-state index contributed by atoms with van der Waals surface area (Å²) in [5.74, 6) is 2.24. The van der Waals surface area contributed by atoms with Crippen molar-refractivity contribution in [2.45, 2.75) is 39.7 Å². The smallest absolute Gasteiger partial charge is 0.170 e. The van der Waals surface area contributed by atoms with E-state index < -0.39 is 0 Å². The second-order valence-electron chi connectivity index (χ2n) is 6.88. The van der Waals surface area contributed by atoms with Gasteiger partial charge in [0.25, 0.3) is 0 Å². The quantitative estimate of drug-likeness (QED) is 0.650. The van der Waals surface area contributed by atoms with Gasteiger partial charge < -0.3 is 14.2 Å². The van der Waals surface area contributed by atoms with E-state index in [0.29, 0.717) is 24.3 Å². The molecule has 1 heterocycles. The molecule has 1 aliphatic heterocycles. The van der Waals surface area contributed by atoms with Gasteiger partial charge >= 0.3 is 0 Å². The van der Waals surface area contributed by atoms with E-state index in [1.54, 1.807) is 7.11 Å². The lowest BCUT2D eigenvalue weighted by molar-refractivity contribution is 0.0849. The Labute approximate surface area is 160 Å². The zero-order valence-corrected chi connectivity index (χ0v) is 16.4. The highest BCUT2D eigenvalue weighted by molar-refractivity contribution is 6.00. The van der Waals surface area contributed by atoms with Crippen LogP contribution in [0.2, 0.25) is 0 Å². The maximum atomic E-state index is 12.8. The van der Waals surface area contributed by atoms with Crippen LogP contribution in [0, 0.1) is 0 Å². The van der Waals surface area contributed by atoms with Gasteiger partial charge in [-0.05, 0) is 56.5 Å². The third-order valence-corrected chi connectivity index (χ3v) is 4.62. The topological polar surface area (TPSA) is 44.8 Å². The largest absolute Gasteiger partial charge is 0.496 e. The molecule has 27 heavy (non-hydrogen) atoms. The van der Waals surface area contributed by atoms with E-state index in [-0.39, 0.29) is 11.9 Å². The summed E-state index contributed by atoms with van der Waals surface area (Å²) in [5.41, 5.74) is 3.82. The fourth-order valence-corrected chi connectivity index (χ4v) is 3.19. The lowest BCUT2D eigenvalue weighted by Gasteiger charge is -2.27. The number of carbonyl (C=O) groups excluding carboxylic acids is 1. The van der Waals surface area contributed by atoms with Crippen LogP contribution < -0.4 is 14.2 Å². The van der Waals surface area contributed by atoms with Crippen LogP contribution in [-0.2, 0) is 6.42 Å². The highest BCUT2D eigenvalue weighted by Gasteiger charge is 2.29. The summed E-state index contributed by atoms with van der Waals surface area (Å²) in [6.45, 7) is 6.69. The lowest BCUT2D eigenvalue weighted by Crippen LogP contribution is -2.20. The van der Waals surface area contributed by atoms with Crippen LogP contribution in [0.15, 0.2) is 48.0 Å². The normalized spacial score (nSPS) is 15.6. The number of ether oxygens (including phenoxy) is 3. The van der Waals surface area contributed by atoms with Gasteiger partial charge in [-0.15, -0.1) is 0 Å².